The minimum atomic E-state index is -1.45. The van der Waals surface area contributed by atoms with E-state index < -0.39 is 83.5 Å². The van der Waals surface area contributed by atoms with E-state index in [1.165, 1.54) is 25.9 Å². The van der Waals surface area contributed by atoms with Gasteiger partial charge in [0.2, 0.25) is 29.4 Å². The van der Waals surface area contributed by atoms with Crippen molar-refractivity contribution in [2.75, 3.05) is 19.4 Å². The molecule has 1 rings (SSSR count). The third-order valence-electron chi connectivity index (χ3n) is 6.66. The van der Waals surface area contributed by atoms with Crippen LogP contribution in [-0.4, -0.2) is 90.2 Å². The van der Waals surface area contributed by atoms with Gasteiger partial charge in [-0.05, 0) is 58.6 Å². The number of ether oxygens (including phenoxy) is 1. The number of hydrogen-bond donors (Lipinski definition) is 5. The number of aryl methyl sites for hydroxylation is 1. The third kappa shape index (κ3) is 13.2. The fourth-order valence-electron chi connectivity index (χ4n) is 3.98. The highest BCUT2D eigenvalue weighted by Gasteiger charge is 2.35. The van der Waals surface area contributed by atoms with E-state index in [0.717, 1.165) is 5.56 Å². The van der Waals surface area contributed by atoms with E-state index in [4.69, 9.17) is 4.74 Å². The number of amides is 6. The first-order chi connectivity index (χ1) is 21.1. The number of carbonyl (C=O) groups excluding carboxylic acids is 7. The van der Waals surface area contributed by atoms with E-state index in [-0.39, 0.29) is 5.92 Å². The maximum Gasteiger partial charge on any atom is 0.408 e. The molecule has 256 valence electrons. The minimum Gasteiger partial charge on any atom is -0.444 e. The van der Waals surface area contributed by atoms with Gasteiger partial charge in [0.15, 0.2) is 0 Å². The Morgan fingerprint density at radius 1 is 0.739 bits per heavy atom. The predicted octanol–water partition coefficient (Wildman–Crippen LogP) is 1.66. The summed E-state index contributed by atoms with van der Waals surface area (Å²) in [5.41, 5.74) is 0.559. The van der Waals surface area contributed by atoms with Crippen molar-refractivity contribution in [3.05, 3.63) is 29.8 Å². The second kappa shape index (κ2) is 17.3. The van der Waals surface area contributed by atoms with Crippen LogP contribution in [0.4, 0.5) is 10.5 Å². The Balaban J connectivity index is 3.09. The molecule has 0 spiro atoms. The average molecular weight is 647 g/mol. The van der Waals surface area contributed by atoms with Crippen LogP contribution in [-0.2, 0) is 33.5 Å². The van der Waals surface area contributed by atoms with Gasteiger partial charge in [0.25, 0.3) is 5.91 Å². The fourth-order valence-corrected chi connectivity index (χ4v) is 3.98. The van der Waals surface area contributed by atoms with Gasteiger partial charge in [0, 0.05) is 19.8 Å². The molecule has 0 fully saturated rings. The number of carbonyl (C=O) groups is 7. The van der Waals surface area contributed by atoms with Gasteiger partial charge < -0.3 is 36.2 Å². The minimum absolute atomic E-state index is 0.373. The molecule has 2 unspecified atom stereocenters. The normalized spacial score (nSPS) is 13.8. The van der Waals surface area contributed by atoms with Crippen molar-refractivity contribution in [1.29, 1.82) is 0 Å². The molecule has 0 aliphatic rings. The molecule has 46 heavy (non-hydrogen) atoms. The van der Waals surface area contributed by atoms with Gasteiger partial charge in [-0.25, -0.2) is 4.79 Å². The van der Waals surface area contributed by atoms with Gasteiger partial charge in [-0.1, -0.05) is 45.4 Å². The zero-order valence-electron chi connectivity index (χ0n) is 28.7. The van der Waals surface area contributed by atoms with E-state index in [1.54, 1.807) is 72.7 Å². The van der Waals surface area contributed by atoms with Crippen LogP contribution >= 0.6 is 0 Å². The number of ketones is 1. The predicted molar refractivity (Wildman–Crippen MR) is 172 cm³/mol. The molecule has 5 N–H and O–H groups in total. The second-order valence-corrected chi connectivity index (χ2v) is 13.1. The molecule has 0 heterocycles. The van der Waals surface area contributed by atoms with Crippen molar-refractivity contribution >= 4 is 47.1 Å². The van der Waals surface area contributed by atoms with E-state index >= 15 is 0 Å². The first-order valence-electron chi connectivity index (χ1n) is 15.2. The van der Waals surface area contributed by atoms with E-state index in [1.807, 2.05) is 6.92 Å². The highest BCUT2D eigenvalue weighted by Crippen LogP contribution is 2.12. The summed E-state index contributed by atoms with van der Waals surface area (Å²) in [5, 5.41) is 12.5. The van der Waals surface area contributed by atoms with Crippen molar-refractivity contribution in [2.24, 2.45) is 11.8 Å². The van der Waals surface area contributed by atoms with Gasteiger partial charge in [0.1, 0.15) is 23.7 Å². The van der Waals surface area contributed by atoms with Crippen LogP contribution in [0.25, 0.3) is 0 Å². The van der Waals surface area contributed by atoms with Gasteiger partial charge in [0.05, 0.1) is 12.5 Å². The van der Waals surface area contributed by atoms with Crippen molar-refractivity contribution in [2.45, 2.75) is 98.5 Å². The Bertz CT molecular complexity index is 1270. The van der Waals surface area contributed by atoms with Crippen LogP contribution < -0.4 is 26.6 Å². The Morgan fingerprint density at radius 2 is 1.24 bits per heavy atom. The highest BCUT2D eigenvalue weighted by atomic mass is 16.6. The molecule has 1 aromatic carbocycles. The number of anilines is 1. The molecule has 1 aromatic rings. The Morgan fingerprint density at radius 3 is 1.72 bits per heavy atom. The maximum absolute atomic E-state index is 13.5. The molecular weight excluding hydrogens is 596 g/mol. The largest absolute Gasteiger partial charge is 0.444 e. The molecule has 0 bridgehead atoms. The number of alkyl carbamates (subject to hydrolysis) is 1. The van der Waals surface area contributed by atoms with E-state index in [9.17, 15) is 33.6 Å². The monoisotopic (exact) mass is 646 g/mol. The van der Waals surface area contributed by atoms with E-state index in [0.29, 0.717) is 5.69 Å². The standard InChI is InChI=1S/C32H50N6O8/c1-17(2)24(36-29(43)25(18(3)4)37-31(45)46-32(7,8)9)28(42)35-22(16-23(39)38(10)11)27(41)33-20(6)26(40)30(44)34-21-14-12-19(5)13-15-21/h12-15,17-18,20,22,24-25H,16H2,1-11H3,(H,33,41)(H,34,44)(H,35,42)(H,36,43)(H,37,45)/t20?,22-,24?,25-/m0/s1. The molecule has 6 amide bonds. The molecule has 0 aliphatic carbocycles. The average Bonchev–Trinajstić information content (AvgIpc) is 2.93. The topological polar surface area (TPSA) is 192 Å². The summed E-state index contributed by atoms with van der Waals surface area (Å²) >= 11 is 0. The van der Waals surface area contributed by atoms with Crippen molar-refractivity contribution in [3.8, 4) is 0 Å². The molecule has 0 saturated heterocycles. The van der Waals surface area contributed by atoms with Gasteiger partial charge in [-0.15, -0.1) is 0 Å². The molecular formula is C32H50N6O8. The molecule has 14 heteroatoms. The zero-order chi connectivity index (χ0) is 35.5. The summed E-state index contributed by atoms with van der Waals surface area (Å²) in [6.45, 7) is 15.0. The van der Waals surface area contributed by atoms with Gasteiger partial charge in [-0.3, -0.25) is 28.8 Å². The highest BCUT2D eigenvalue weighted by molar-refractivity contribution is 6.42. The van der Waals surface area contributed by atoms with Crippen LogP contribution in [0.1, 0.15) is 67.4 Å². The maximum atomic E-state index is 13.5. The lowest BCUT2D eigenvalue weighted by Gasteiger charge is -2.29. The Hall–Kier alpha value is -4.49. The second-order valence-electron chi connectivity index (χ2n) is 13.1. The number of rotatable bonds is 14. The SMILES string of the molecule is Cc1ccc(NC(=O)C(=O)C(C)NC(=O)[C@H](CC(=O)N(C)C)NC(=O)C(NC(=O)[C@@H](NC(=O)OC(C)(C)C)C(C)C)C(C)C)cc1. The molecule has 14 nitrogen and oxygen atoms in total. The summed E-state index contributed by atoms with van der Waals surface area (Å²) in [6, 6.07) is 1.82. The van der Waals surface area contributed by atoms with Gasteiger partial charge in [-0.2, -0.15) is 0 Å². The summed E-state index contributed by atoms with van der Waals surface area (Å²) in [6.07, 6.45) is -1.27. The smallest absolute Gasteiger partial charge is 0.408 e. The number of nitrogens with zero attached hydrogens (tertiary/aromatic N) is 1. The van der Waals surface area contributed by atoms with Crippen LogP contribution in [0.3, 0.4) is 0 Å². The Kier molecular flexibility index (Phi) is 14.8. The Labute approximate surface area is 271 Å². The molecule has 0 radical (unpaired) electrons. The van der Waals surface area contributed by atoms with Crippen molar-refractivity contribution < 1.29 is 38.3 Å². The number of Topliss-reactive ketones (excluding diaryl/α,β-unsaturated/α-hetero) is 1. The summed E-state index contributed by atoms with van der Waals surface area (Å²) in [7, 11) is 2.95. The molecule has 0 aliphatic heterocycles. The summed E-state index contributed by atoms with van der Waals surface area (Å²) < 4.78 is 5.26. The van der Waals surface area contributed by atoms with Crippen molar-refractivity contribution in [3.63, 3.8) is 0 Å². The molecule has 0 aromatic heterocycles. The number of nitrogens with one attached hydrogen (secondary N) is 5. The molecule has 4 atom stereocenters. The van der Waals surface area contributed by atoms with Crippen LogP contribution in [0, 0.1) is 18.8 Å². The lowest BCUT2D eigenvalue weighted by atomic mass is 9.99. The van der Waals surface area contributed by atoms with E-state index in [2.05, 4.69) is 26.6 Å². The van der Waals surface area contributed by atoms with Crippen molar-refractivity contribution in [1.82, 2.24) is 26.2 Å². The zero-order valence-corrected chi connectivity index (χ0v) is 28.7. The number of hydrogen-bond acceptors (Lipinski definition) is 8. The van der Waals surface area contributed by atoms with Crippen LogP contribution in [0.15, 0.2) is 24.3 Å². The number of benzene rings is 1. The first kappa shape index (κ1) is 39.5. The van der Waals surface area contributed by atoms with Gasteiger partial charge >= 0.3 is 6.09 Å². The lowest BCUT2D eigenvalue weighted by Crippen LogP contribution is -2.60. The lowest BCUT2D eigenvalue weighted by molar-refractivity contribution is -0.139. The molecule has 0 saturated carbocycles. The van der Waals surface area contributed by atoms with Crippen LogP contribution in [0.2, 0.25) is 0 Å². The fraction of sp³-hybridized carbons (Fsp3) is 0.594. The summed E-state index contributed by atoms with van der Waals surface area (Å²) in [5.74, 6) is -5.55. The summed E-state index contributed by atoms with van der Waals surface area (Å²) in [4.78, 5) is 91.5. The first-order valence-corrected chi connectivity index (χ1v) is 15.2. The third-order valence-corrected chi connectivity index (χ3v) is 6.66. The van der Waals surface area contributed by atoms with Crippen LogP contribution in [0.5, 0.6) is 0 Å². The quantitative estimate of drug-likeness (QED) is 0.188.